The SMILES string of the molecule is C[C@@H]1C[C@H](C)CN(CCCNC(=O)[C@H]2CCCN(S(=O)(=O)c3cccs3)C2)C1. The van der Waals surface area contributed by atoms with Crippen molar-refractivity contribution >= 4 is 27.3 Å². The van der Waals surface area contributed by atoms with Gasteiger partial charge in [-0.3, -0.25) is 4.79 Å². The molecule has 28 heavy (non-hydrogen) atoms. The van der Waals surface area contributed by atoms with E-state index in [9.17, 15) is 13.2 Å². The van der Waals surface area contributed by atoms with Crippen LogP contribution in [0.2, 0.25) is 0 Å². The van der Waals surface area contributed by atoms with Crippen LogP contribution in [0.5, 0.6) is 0 Å². The smallest absolute Gasteiger partial charge is 0.252 e. The molecule has 1 aromatic rings. The van der Waals surface area contributed by atoms with Gasteiger partial charge in [-0.25, -0.2) is 8.42 Å². The topological polar surface area (TPSA) is 69.7 Å². The van der Waals surface area contributed by atoms with E-state index in [1.165, 1.54) is 22.1 Å². The molecular weight excluding hydrogens is 394 g/mol. The summed E-state index contributed by atoms with van der Waals surface area (Å²) in [7, 11) is -3.47. The predicted molar refractivity (Wildman–Crippen MR) is 113 cm³/mol. The van der Waals surface area contributed by atoms with Gasteiger partial charge in [-0.05, 0) is 55.5 Å². The lowest BCUT2D eigenvalue weighted by molar-refractivity contribution is -0.126. The molecule has 2 aliphatic rings. The Bertz CT molecular complexity index is 726. The van der Waals surface area contributed by atoms with Gasteiger partial charge in [0, 0.05) is 32.7 Å². The molecule has 0 saturated carbocycles. The van der Waals surface area contributed by atoms with Crippen LogP contribution in [0.15, 0.2) is 21.7 Å². The first kappa shape index (κ1) is 21.7. The van der Waals surface area contributed by atoms with Crippen LogP contribution < -0.4 is 5.32 Å². The Kier molecular flexibility index (Phi) is 7.53. The summed E-state index contributed by atoms with van der Waals surface area (Å²) in [6.45, 7) is 9.37. The monoisotopic (exact) mass is 427 g/mol. The minimum atomic E-state index is -3.47. The van der Waals surface area contributed by atoms with Crippen LogP contribution in [0.1, 0.15) is 39.5 Å². The van der Waals surface area contributed by atoms with Gasteiger partial charge in [0.2, 0.25) is 5.91 Å². The third-order valence-electron chi connectivity index (χ3n) is 5.74. The molecule has 0 spiro atoms. The first-order chi connectivity index (χ1) is 13.4. The van der Waals surface area contributed by atoms with Crippen LogP contribution in [0.4, 0.5) is 0 Å². The summed E-state index contributed by atoms with van der Waals surface area (Å²) in [6.07, 6.45) is 3.73. The van der Waals surface area contributed by atoms with E-state index < -0.39 is 10.0 Å². The van der Waals surface area contributed by atoms with Crippen molar-refractivity contribution in [1.29, 1.82) is 0 Å². The number of nitrogens with zero attached hydrogens (tertiary/aromatic N) is 2. The number of thiophene rings is 1. The average molecular weight is 428 g/mol. The minimum absolute atomic E-state index is 0.00791. The van der Waals surface area contributed by atoms with E-state index in [-0.39, 0.29) is 18.4 Å². The second-order valence-electron chi connectivity index (χ2n) is 8.48. The van der Waals surface area contributed by atoms with Gasteiger partial charge in [0.25, 0.3) is 10.0 Å². The molecule has 3 heterocycles. The summed E-state index contributed by atoms with van der Waals surface area (Å²) < 4.78 is 27.2. The Morgan fingerprint density at radius 3 is 2.68 bits per heavy atom. The standard InChI is InChI=1S/C20H33N3O3S2/c1-16-12-17(2)14-22(13-16)9-5-8-21-20(24)18-6-3-10-23(15-18)28(25,26)19-7-4-11-27-19/h4,7,11,16-18H,3,5-6,8-10,12-15H2,1-2H3,(H,21,24)/t16-,17+,18-/m0/s1. The lowest BCUT2D eigenvalue weighted by atomic mass is 9.92. The summed E-state index contributed by atoms with van der Waals surface area (Å²) in [4.78, 5) is 15.1. The molecule has 0 radical (unpaired) electrons. The van der Waals surface area contributed by atoms with Crippen LogP contribution in [0, 0.1) is 17.8 Å². The summed E-state index contributed by atoms with van der Waals surface area (Å²) in [5, 5.41) is 4.81. The van der Waals surface area contributed by atoms with Gasteiger partial charge in [-0.2, -0.15) is 4.31 Å². The van der Waals surface area contributed by atoms with Crippen molar-refractivity contribution in [3.63, 3.8) is 0 Å². The number of hydrogen-bond donors (Lipinski definition) is 1. The number of rotatable bonds is 7. The highest BCUT2D eigenvalue weighted by molar-refractivity contribution is 7.91. The van der Waals surface area contributed by atoms with Gasteiger partial charge in [0.1, 0.15) is 4.21 Å². The summed E-state index contributed by atoms with van der Waals surface area (Å²) in [5.41, 5.74) is 0. The maximum Gasteiger partial charge on any atom is 0.252 e. The molecular formula is C20H33N3O3S2. The predicted octanol–water partition coefficient (Wildman–Crippen LogP) is 2.63. The van der Waals surface area contributed by atoms with Crippen molar-refractivity contribution in [2.75, 3.05) is 39.3 Å². The van der Waals surface area contributed by atoms with Crippen molar-refractivity contribution in [2.24, 2.45) is 17.8 Å². The number of carbonyl (C=O) groups excluding carboxylic acids is 1. The van der Waals surface area contributed by atoms with Crippen molar-refractivity contribution in [3.05, 3.63) is 17.5 Å². The molecule has 1 amide bonds. The number of likely N-dealkylation sites (tertiary alicyclic amines) is 1. The second-order valence-corrected chi connectivity index (χ2v) is 11.6. The molecule has 3 atom stereocenters. The first-order valence-corrected chi connectivity index (χ1v) is 12.7. The lowest BCUT2D eigenvalue weighted by Crippen LogP contribution is -2.45. The number of carbonyl (C=O) groups is 1. The zero-order valence-corrected chi connectivity index (χ0v) is 18.6. The zero-order chi connectivity index (χ0) is 20.1. The third-order valence-corrected chi connectivity index (χ3v) is 8.98. The van der Waals surface area contributed by atoms with Crippen LogP contribution in [0.25, 0.3) is 0 Å². The van der Waals surface area contributed by atoms with Crippen LogP contribution >= 0.6 is 11.3 Å². The van der Waals surface area contributed by atoms with E-state index in [0.717, 1.165) is 50.7 Å². The Balaban J connectivity index is 1.43. The largest absolute Gasteiger partial charge is 0.356 e. The number of amides is 1. The molecule has 8 heteroatoms. The number of sulfonamides is 1. The molecule has 1 N–H and O–H groups in total. The fourth-order valence-corrected chi connectivity index (χ4v) is 7.21. The highest BCUT2D eigenvalue weighted by atomic mass is 32.2. The van der Waals surface area contributed by atoms with Gasteiger partial charge < -0.3 is 10.2 Å². The Morgan fingerprint density at radius 2 is 2.00 bits per heavy atom. The lowest BCUT2D eigenvalue weighted by Gasteiger charge is -2.35. The maximum atomic E-state index is 12.7. The van der Waals surface area contributed by atoms with E-state index in [0.29, 0.717) is 17.3 Å². The van der Waals surface area contributed by atoms with Gasteiger partial charge in [0.15, 0.2) is 0 Å². The van der Waals surface area contributed by atoms with E-state index >= 15 is 0 Å². The summed E-state index contributed by atoms with van der Waals surface area (Å²) in [5.74, 6) is 1.23. The average Bonchev–Trinajstić information content (AvgIpc) is 3.20. The van der Waals surface area contributed by atoms with E-state index in [2.05, 4.69) is 24.1 Å². The van der Waals surface area contributed by atoms with Crippen molar-refractivity contribution in [2.45, 2.75) is 43.7 Å². The molecule has 0 aliphatic carbocycles. The minimum Gasteiger partial charge on any atom is -0.356 e. The molecule has 2 saturated heterocycles. The molecule has 158 valence electrons. The number of piperidine rings is 2. The van der Waals surface area contributed by atoms with Crippen LogP contribution in [-0.4, -0.2) is 62.8 Å². The number of hydrogen-bond acceptors (Lipinski definition) is 5. The highest BCUT2D eigenvalue weighted by Gasteiger charge is 2.33. The Labute approximate surface area is 173 Å². The second kappa shape index (κ2) is 9.69. The van der Waals surface area contributed by atoms with Gasteiger partial charge in [0.05, 0.1) is 5.92 Å². The summed E-state index contributed by atoms with van der Waals surface area (Å²) >= 11 is 1.23. The van der Waals surface area contributed by atoms with Crippen molar-refractivity contribution in [3.8, 4) is 0 Å². The molecule has 0 unspecified atom stereocenters. The molecule has 2 fully saturated rings. The fourth-order valence-electron chi connectivity index (χ4n) is 4.55. The quantitative estimate of drug-likeness (QED) is 0.679. The molecule has 3 rings (SSSR count). The molecule has 2 aliphatic heterocycles. The maximum absolute atomic E-state index is 12.7. The van der Waals surface area contributed by atoms with Gasteiger partial charge in [-0.1, -0.05) is 19.9 Å². The third kappa shape index (κ3) is 5.55. The molecule has 0 aromatic carbocycles. The molecule has 6 nitrogen and oxygen atoms in total. The van der Waals surface area contributed by atoms with Crippen molar-refractivity contribution < 1.29 is 13.2 Å². The molecule has 0 bridgehead atoms. The van der Waals surface area contributed by atoms with Crippen LogP contribution in [0.3, 0.4) is 0 Å². The Morgan fingerprint density at radius 1 is 1.25 bits per heavy atom. The van der Waals surface area contributed by atoms with Gasteiger partial charge in [-0.15, -0.1) is 11.3 Å². The zero-order valence-electron chi connectivity index (χ0n) is 17.0. The molecule has 1 aromatic heterocycles. The highest BCUT2D eigenvalue weighted by Crippen LogP contribution is 2.26. The van der Waals surface area contributed by atoms with Crippen molar-refractivity contribution in [1.82, 2.24) is 14.5 Å². The van der Waals surface area contributed by atoms with Gasteiger partial charge >= 0.3 is 0 Å². The normalized spacial score (nSPS) is 27.6. The van der Waals surface area contributed by atoms with E-state index in [4.69, 9.17) is 0 Å². The van der Waals surface area contributed by atoms with E-state index in [1.54, 1.807) is 17.5 Å². The first-order valence-electron chi connectivity index (χ1n) is 10.4. The van der Waals surface area contributed by atoms with E-state index in [1.807, 2.05) is 0 Å². The fraction of sp³-hybridized carbons (Fsp3) is 0.750. The summed E-state index contributed by atoms with van der Waals surface area (Å²) in [6, 6.07) is 3.38. The van der Waals surface area contributed by atoms with Crippen LogP contribution in [-0.2, 0) is 14.8 Å². The Hall–Kier alpha value is -0.960. The number of nitrogens with one attached hydrogen (secondary N) is 1.